The molecule has 2 aliphatic heterocycles. The molecule has 0 radical (unpaired) electrons. The van der Waals surface area contributed by atoms with E-state index in [0.717, 1.165) is 5.56 Å². The van der Waals surface area contributed by atoms with Gasteiger partial charge in [0.15, 0.2) is 5.75 Å². The zero-order valence-electron chi connectivity index (χ0n) is 23.2. The standard InChI is InChI=1S/C28H31ClFN5O5/c1-15-12-31-33(5)24(15)23-20-25(21(29)22(32-23)19-17(30)8-7-9-18(19)38-6)39-14-16-13-34(10-11-35(16)26(20)36)27(37)40-28(2,3)4/h7-9,12,16H,10-11,13-14H2,1-6H3/t16-/m1/s1. The van der Waals surface area contributed by atoms with E-state index < -0.39 is 23.6 Å². The Kier molecular flexibility index (Phi) is 7.11. The minimum atomic E-state index is -0.653. The van der Waals surface area contributed by atoms with E-state index in [1.165, 1.54) is 19.2 Å². The minimum absolute atomic E-state index is 0.0147. The summed E-state index contributed by atoms with van der Waals surface area (Å²) in [6.07, 6.45) is 1.20. The molecule has 2 amide bonds. The van der Waals surface area contributed by atoms with Gasteiger partial charge in [-0.3, -0.25) is 9.48 Å². The highest BCUT2D eigenvalue weighted by Gasteiger charge is 2.41. The fourth-order valence-electron chi connectivity index (χ4n) is 5.08. The molecule has 5 rings (SSSR count). The molecule has 0 saturated carbocycles. The van der Waals surface area contributed by atoms with Crippen LogP contribution in [0.15, 0.2) is 24.4 Å². The molecule has 10 nitrogen and oxygen atoms in total. The predicted molar refractivity (Wildman–Crippen MR) is 146 cm³/mol. The summed E-state index contributed by atoms with van der Waals surface area (Å²) < 4.78 is 34.0. The molecule has 212 valence electrons. The van der Waals surface area contributed by atoms with E-state index in [-0.39, 0.29) is 71.2 Å². The molecule has 3 aromatic rings. The van der Waals surface area contributed by atoms with Gasteiger partial charge in [0.1, 0.15) is 45.7 Å². The number of hydrogen-bond donors (Lipinski definition) is 0. The lowest BCUT2D eigenvalue weighted by Crippen LogP contribution is -2.58. The number of fused-ring (bicyclic) bond motifs is 2. The van der Waals surface area contributed by atoms with Crippen LogP contribution in [0, 0.1) is 12.7 Å². The zero-order chi connectivity index (χ0) is 28.9. The van der Waals surface area contributed by atoms with Gasteiger partial charge in [-0.2, -0.15) is 5.10 Å². The van der Waals surface area contributed by atoms with Gasteiger partial charge in [0, 0.05) is 26.7 Å². The molecule has 40 heavy (non-hydrogen) atoms. The van der Waals surface area contributed by atoms with Crippen molar-refractivity contribution in [2.75, 3.05) is 33.4 Å². The first-order valence-corrected chi connectivity index (χ1v) is 13.3. The molecule has 1 fully saturated rings. The summed E-state index contributed by atoms with van der Waals surface area (Å²) in [5.74, 6) is -0.617. The Morgan fingerprint density at radius 2 is 1.95 bits per heavy atom. The molecule has 2 aliphatic rings. The van der Waals surface area contributed by atoms with Crippen LogP contribution in [0.5, 0.6) is 11.5 Å². The van der Waals surface area contributed by atoms with Crippen molar-refractivity contribution in [3.05, 3.63) is 46.4 Å². The molecule has 1 atom stereocenters. The second kappa shape index (κ2) is 10.3. The van der Waals surface area contributed by atoms with Crippen LogP contribution in [0.25, 0.3) is 22.6 Å². The van der Waals surface area contributed by atoms with Crippen LogP contribution in [0.2, 0.25) is 5.02 Å². The fraction of sp³-hybridized carbons (Fsp3) is 0.429. The smallest absolute Gasteiger partial charge is 0.410 e. The first-order chi connectivity index (χ1) is 18.9. The van der Waals surface area contributed by atoms with E-state index in [2.05, 4.69) is 5.10 Å². The number of aryl methyl sites for hydroxylation is 2. The van der Waals surface area contributed by atoms with Crippen molar-refractivity contribution in [1.29, 1.82) is 0 Å². The number of carbonyl (C=O) groups excluding carboxylic acids is 2. The van der Waals surface area contributed by atoms with Crippen molar-refractivity contribution < 1.29 is 28.2 Å². The van der Waals surface area contributed by atoms with E-state index in [1.54, 1.807) is 54.6 Å². The summed E-state index contributed by atoms with van der Waals surface area (Å²) in [6, 6.07) is 3.95. The summed E-state index contributed by atoms with van der Waals surface area (Å²) >= 11 is 6.87. The SMILES string of the molecule is COc1cccc(F)c1-c1nc(-c2c(C)cnn2C)c2c(c1Cl)OC[C@H]1CN(C(=O)OC(C)(C)C)CCN1C2=O. The maximum Gasteiger partial charge on any atom is 0.410 e. The Balaban J connectivity index is 1.65. The zero-order valence-corrected chi connectivity index (χ0v) is 24.0. The van der Waals surface area contributed by atoms with Crippen LogP contribution in [-0.2, 0) is 11.8 Å². The molecule has 4 heterocycles. The molecule has 2 aromatic heterocycles. The molecule has 1 saturated heterocycles. The Morgan fingerprint density at radius 3 is 2.60 bits per heavy atom. The number of piperazine rings is 1. The van der Waals surface area contributed by atoms with Crippen molar-refractivity contribution in [2.45, 2.75) is 39.3 Å². The average molecular weight is 572 g/mol. The molecule has 1 aromatic carbocycles. The molecule has 12 heteroatoms. The highest BCUT2D eigenvalue weighted by molar-refractivity contribution is 6.35. The van der Waals surface area contributed by atoms with Crippen LogP contribution in [0.3, 0.4) is 0 Å². The monoisotopic (exact) mass is 571 g/mol. The number of amides is 2. The van der Waals surface area contributed by atoms with Gasteiger partial charge < -0.3 is 24.0 Å². The second-order valence-electron chi connectivity index (χ2n) is 10.8. The third-order valence-corrected chi connectivity index (χ3v) is 7.25. The van der Waals surface area contributed by atoms with Crippen LogP contribution in [0.1, 0.15) is 36.7 Å². The number of carbonyl (C=O) groups is 2. The number of benzene rings is 1. The van der Waals surface area contributed by atoms with Gasteiger partial charge in [-0.25, -0.2) is 14.2 Å². The normalized spacial score (nSPS) is 17.1. The predicted octanol–water partition coefficient (Wildman–Crippen LogP) is 4.71. The average Bonchev–Trinajstić information content (AvgIpc) is 3.15. The van der Waals surface area contributed by atoms with Crippen molar-refractivity contribution in [1.82, 2.24) is 24.6 Å². The molecule has 0 spiro atoms. The number of nitrogens with zero attached hydrogens (tertiary/aromatic N) is 5. The van der Waals surface area contributed by atoms with E-state index in [0.29, 0.717) is 5.69 Å². The second-order valence-corrected chi connectivity index (χ2v) is 11.2. The minimum Gasteiger partial charge on any atom is -0.496 e. The number of aromatic nitrogens is 3. The topological polar surface area (TPSA) is 99.0 Å². The number of hydrogen-bond acceptors (Lipinski definition) is 7. The molecular formula is C28H31ClFN5O5. The van der Waals surface area contributed by atoms with Crippen LogP contribution < -0.4 is 9.47 Å². The van der Waals surface area contributed by atoms with Gasteiger partial charge in [-0.1, -0.05) is 17.7 Å². The van der Waals surface area contributed by atoms with Crippen LogP contribution in [0.4, 0.5) is 9.18 Å². The maximum absolute atomic E-state index is 15.2. The largest absolute Gasteiger partial charge is 0.496 e. The maximum atomic E-state index is 15.2. The lowest BCUT2D eigenvalue weighted by molar-refractivity contribution is 0.000956. The molecule has 0 bridgehead atoms. The molecule has 0 unspecified atom stereocenters. The Labute approximate surface area is 236 Å². The first kappa shape index (κ1) is 27.7. The number of rotatable bonds is 3. The van der Waals surface area contributed by atoms with Crippen molar-refractivity contribution in [2.24, 2.45) is 7.05 Å². The van der Waals surface area contributed by atoms with Gasteiger partial charge in [-0.15, -0.1) is 0 Å². The van der Waals surface area contributed by atoms with Gasteiger partial charge >= 0.3 is 6.09 Å². The van der Waals surface area contributed by atoms with E-state index in [9.17, 15) is 9.59 Å². The highest BCUT2D eigenvalue weighted by atomic mass is 35.5. The van der Waals surface area contributed by atoms with Crippen LogP contribution in [-0.4, -0.2) is 81.6 Å². The van der Waals surface area contributed by atoms with Gasteiger partial charge in [-0.05, 0) is 45.4 Å². The Bertz CT molecular complexity index is 1480. The van der Waals surface area contributed by atoms with Crippen molar-refractivity contribution in [3.63, 3.8) is 0 Å². The number of ether oxygens (including phenoxy) is 3. The summed E-state index contributed by atoms with van der Waals surface area (Å²) in [7, 11) is 3.16. The van der Waals surface area contributed by atoms with Crippen LogP contribution >= 0.6 is 11.6 Å². The van der Waals surface area contributed by atoms with E-state index in [4.69, 9.17) is 30.8 Å². The third-order valence-electron chi connectivity index (χ3n) is 6.90. The number of methoxy groups -OCH3 is 1. The Hall–Kier alpha value is -3.86. The highest BCUT2D eigenvalue weighted by Crippen LogP contribution is 2.46. The van der Waals surface area contributed by atoms with Gasteiger partial charge in [0.2, 0.25) is 0 Å². The third kappa shape index (κ3) is 4.83. The van der Waals surface area contributed by atoms with Gasteiger partial charge in [0.25, 0.3) is 5.91 Å². The summed E-state index contributed by atoms with van der Waals surface area (Å²) in [4.78, 5) is 35.0. The quantitative estimate of drug-likeness (QED) is 0.449. The van der Waals surface area contributed by atoms with Crippen molar-refractivity contribution in [3.8, 4) is 34.1 Å². The van der Waals surface area contributed by atoms with E-state index >= 15 is 4.39 Å². The molecular weight excluding hydrogens is 541 g/mol. The lowest BCUT2D eigenvalue weighted by atomic mass is 10.0. The fourth-order valence-corrected chi connectivity index (χ4v) is 5.37. The summed E-state index contributed by atoms with van der Waals surface area (Å²) in [5, 5.41) is 4.31. The lowest BCUT2D eigenvalue weighted by Gasteiger charge is -2.40. The Morgan fingerprint density at radius 1 is 1.20 bits per heavy atom. The molecule has 0 N–H and O–H groups in total. The summed E-state index contributed by atoms with van der Waals surface area (Å²) in [6.45, 7) is 8.07. The van der Waals surface area contributed by atoms with E-state index in [1.807, 2.05) is 6.92 Å². The summed E-state index contributed by atoms with van der Waals surface area (Å²) in [5.41, 5.74) is 1.21. The number of pyridine rings is 1. The molecule has 0 aliphatic carbocycles. The van der Waals surface area contributed by atoms with Gasteiger partial charge in [0.05, 0.1) is 30.6 Å². The van der Waals surface area contributed by atoms with Crippen molar-refractivity contribution >= 4 is 23.6 Å². The first-order valence-electron chi connectivity index (χ1n) is 12.9. The number of halogens is 2.